The fraction of sp³-hybridized carbons (Fsp3) is 0.588. The predicted molar refractivity (Wildman–Crippen MR) is 95.0 cm³/mol. The topological polar surface area (TPSA) is 90.5 Å². The van der Waals surface area contributed by atoms with E-state index in [4.69, 9.17) is 0 Å². The first-order chi connectivity index (χ1) is 11.9. The Morgan fingerprint density at radius 2 is 1.92 bits per heavy atom. The number of hydrogen-bond acceptors (Lipinski definition) is 5. The van der Waals surface area contributed by atoms with Gasteiger partial charge in [-0.2, -0.15) is 0 Å². The van der Waals surface area contributed by atoms with Crippen LogP contribution >= 0.6 is 0 Å². The molecule has 8 heteroatoms. The van der Waals surface area contributed by atoms with Gasteiger partial charge in [-0.15, -0.1) is 0 Å². The molecule has 0 spiro atoms. The van der Waals surface area contributed by atoms with Crippen LogP contribution < -0.4 is 16.2 Å². The van der Waals surface area contributed by atoms with Crippen molar-refractivity contribution in [1.82, 2.24) is 20.5 Å². The molecule has 1 aromatic carbocycles. The van der Waals surface area contributed by atoms with E-state index in [0.717, 1.165) is 19.3 Å². The van der Waals surface area contributed by atoms with E-state index in [0.29, 0.717) is 17.5 Å². The summed E-state index contributed by atoms with van der Waals surface area (Å²) in [5, 5.41) is 2.90. The lowest BCUT2D eigenvalue weighted by molar-refractivity contribution is -0.124. The first kappa shape index (κ1) is 18.3. The van der Waals surface area contributed by atoms with Gasteiger partial charge >= 0.3 is 0 Å². The zero-order chi connectivity index (χ0) is 18.0. The Bertz CT molecular complexity index is 735. The Labute approximate surface area is 149 Å². The number of hydrazine groups is 1. The van der Waals surface area contributed by atoms with Gasteiger partial charge in [0.05, 0.1) is 4.90 Å². The van der Waals surface area contributed by atoms with Gasteiger partial charge in [0.25, 0.3) is 0 Å². The van der Waals surface area contributed by atoms with Crippen LogP contribution in [0.4, 0.5) is 0 Å². The second kappa shape index (κ2) is 7.41. The molecule has 1 aromatic rings. The average Bonchev–Trinajstić information content (AvgIpc) is 3.04. The van der Waals surface area contributed by atoms with E-state index in [9.17, 15) is 13.2 Å². The Kier molecular flexibility index (Phi) is 5.43. The second-order valence-corrected chi connectivity index (χ2v) is 9.05. The van der Waals surface area contributed by atoms with E-state index in [1.807, 2.05) is 0 Å². The molecule has 1 aliphatic heterocycles. The van der Waals surface area contributed by atoms with Crippen LogP contribution in [-0.2, 0) is 21.4 Å². The molecule has 0 aromatic heterocycles. The molecular formula is C17H26N4O3S. The number of fused-ring (bicyclic) bond motifs is 1. The van der Waals surface area contributed by atoms with Gasteiger partial charge in [-0.05, 0) is 24.5 Å². The SMILES string of the molecule is CN(C)S(=O)(=O)c1ccccc1CNC(=O)C1NNC2CCCCC21. The number of sulfonamides is 1. The summed E-state index contributed by atoms with van der Waals surface area (Å²) in [4.78, 5) is 12.8. The quantitative estimate of drug-likeness (QED) is 0.710. The van der Waals surface area contributed by atoms with E-state index in [2.05, 4.69) is 16.2 Å². The molecule has 1 amide bonds. The third kappa shape index (κ3) is 3.72. The Balaban J connectivity index is 1.69. The fourth-order valence-corrected chi connectivity index (χ4v) is 4.81. The van der Waals surface area contributed by atoms with Crippen LogP contribution in [-0.4, -0.2) is 44.8 Å². The van der Waals surface area contributed by atoms with Crippen LogP contribution in [0.25, 0.3) is 0 Å². The number of hydrogen-bond donors (Lipinski definition) is 3. The van der Waals surface area contributed by atoms with Gasteiger partial charge < -0.3 is 5.32 Å². The van der Waals surface area contributed by atoms with E-state index in [1.165, 1.54) is 24.8 Å². The maximum atomic E-state index is 12.6. The van der Waals surface area contributed by atoms with Crippen molar-refractivity contribution in [3.05, 3.63) is 29.8 Å². The minimum atomic E-state index is -3.54. The monoisotopic (exact) mass is 366 g/mol. The summed E-state index contributed by atoms with van der Waals surface area (Å²) in [6.07, 6.45) is 4.47. The van der Waals surface area contributed by atoms with Crippen molar-refractivity contribution in [1.29, 1.82) is 0 Å². The highest BCUT2D eigenvalue weighted by atomic mass is 32.2. The predicted octanol–water partition coefficient (Wildman–Crippen LogP) is 0.588. The number of nitrogens with one attached hydrogen (secondary N) is 3. The van der Waals surface area contributed by atoms with Gasteiger partial charge in [0.2, 0.25) is 15.9 Å². The lowest BCUT2D eigenvalue weighted by Gasteiger charge is -2.26. The summed E-state index contributed by atoms with van der Waals surface area (Å²) in [5.41, 5.74) is 6.93. The molecule has 0 bridgehead atoms. The van der Waals surface area contributed by atoms with Crippen molar-refractivity contribution >= 4 is 15.9 Å². The lowest BCUT2D eigenvalue weighted by Crippen LogP contribution is -2.45. The van der Waals surface area contributed by atoms with E-state index < -0.39 is 10.0 Å². The molecule has 1 saturated carbocycles. The molecule has 7 nitrogen and oxygen atoms in total. The highest BCUT2D eigenvalue weighted by Gasteiger charge is 2.40. The van der Waals surface area contributed by atoms with Gasteiger partial charge in [-0.1, -0.05) is 31.0 Å². The molecule has 1 heterocycles. The zero-order valence-corrected chi connectivity index (χ0v) is 15.5. The maximum Gasteiger partial charge on any atom is 0.242 e. The van der Waals surface area contributed by atoms with Crippen molar-refractivity contribution in [2.45, 2.75) is 49.2 Å². The largest absolute Gasteiger partial charge is 0.351 e. The summed E-state index contributed by atoms with van der Waals surface area (Å²) >= 11 is 0. The van der Waals surface area contributed by atoms with Crippen molar-refractivity contribution in [3.8, 4) is 0 Å². The molecule has 3 atom stereocenters. The first-order valence-electron chi connectivity index (χ1n) is 8.70. The summed E-state index contributed by atoms with van der Waals surface area (Å²) in [5.74, 6) is 0.216. The van der Waals surface area contributed by atoms with E-state index in [1.54, 1.807) is 24.3 Å². The molecule has 3 unspecified atom stereocenters. The van der Waals surface area contributed by atoms with Gasteiger partial charge in [-0.25, -0.2) is 18.1 Å². The van der Waals surface area contributed by atoms with Crippen LogP contribution in [0.15, 0.2) is 29.2 Å². The smallest absolute Gasteiger partial charge is 0.242 e. The van der Waals surface area contributed by atoms with Crippen LogP contribution in [0.3, 0.4) is 0 Å². The lowest BCUT2D eigenvalue weighted by atomic mass is 9.81. The van der Waals surface area contributed by atoms with E-state index >= 15 is 0 Å². The summed E-state index contributed by atoms with van der Waals surface area (Å²) < 4.78 is 26.0. The van der Waals surface area contributed by atoms with Gasteiger partial charge in [0.15, 0.2) is 0 Å². The van der Waals surface area contributed by atoms with Crippen LogP contribution in [0.1, 0.15) is 31.2 Å². The molecule has 3 rings (SSSR count). The Morgan fingerprint density at radius 3 is 2.68 bits per heavy atom. The normalized spacial score (nSPS) is 26.4. The van der Waals surface area contributed by atoms with Gasteiger partial charge in [0.1, 0.15) is 6.04 Å². The third-order valence-electron chi connectivity index (χ3n) is 5.14. The van der Waals surface area contributed by atoms with Crippen LogP contribution in [0.5, 0.6) is 0 Å². The Morgan fingerprint density at radius 1 is 1.20 bits per heavy atom. The highest BCUT2D eigenvalue weighted by molar-refractivity contribution is 7.89. The van der Waals surface area contributed by atoms with Crippen LogP contribution in [0, 0.1) is 5.92 Å². The molecule has 138 valence electrons. The number of carbonyl (C=O) groups is 1. The number of carbonyl (C=O) groups excluding carboxylic acids is 1. The molecule has 0 radical (unpaired) electrons. The Hall–Kier alpha value is -1.48. The minimum absolute atomic E-state index is 0.0843. The standard InChI is InChI=1S/C17H26N4O3S/c1-21(2)25(23,24)15-10-6-3-7-12(15)11-18-17(22)16-13-8-4-5-9-14(13)19-20-16/h3,6-7,10,13-14,16,19-20H,4-5,8-9,11H2,1-2H3,(H,18,22). The molecule has 1 aliphatic carbocycles. The summed E-state index contributed by atoms with van der Waals surface area (Å²) in [6, 6.07) is 6.87. The summed E-state index contributed by atoms with van der Waals surface area (Å²) in [6.45, 7) is 0.192. The molecule has 2 aliphatic rings. The summed E-state index contributed by atoms with van der Waals surface area (Å²) in [7, 11) is -0.535. The van der Waals surface area contributed by atoms with Crippen molar-refractivity contribution in [2.75, 3.05) is 14.1 Å². The number of benzene rings is 1. The van der Waals surface area contributed by atoms with Crippen molar-refractivity contribution in [2.24, 2.45) is 5.92 Å². The number of nitrogens with zero attached hydrogens (tertiary/aromatic N) is 1. The highest BCUT2D eigenvalue weighted by Crippen LogP contribution is 2.30. The molecule has 3 N–H and O–H groups in total. The second-order valence-electron chi connectivity index (χ2n) is 6.93. The first-order valence-corrected chi connectivity index (χ1v) is 10.1. The van der Waals surface area contributed by atoms with E-state index in [-0.39, 0.29) is 23.4 Å². The fourth-order valence-electron chi connectivity index (χ4n) is 3.69. The molecular weight excluding hydrogens is 340 g/mol. The molecule has 1 saturated heterocycles. The zero-order valence-electron chi connectivity index (χ0n) is 14.7. The van der Waals surface area contributed by atoms with Crippen molar-refractivity contribution < 1.29 is 13.2 Å². The van der Waals surface area contributed by atoms with Gasteiger partial charge in [0, 0.05) is 32.6 Å². The number of amides is 1. The average molecular weight is 366 g/mol. The minimum Gasteiger partial charge on any atom is -0.351 e. The third-order valence-corrected chi connectivity index (χ3v) is 7.05. The number of rotatable bonds is 5. The molecule has 2 fully saturated rings. The maximum absolute atomic E-state index is 12.6. The van der Waals surface area contributed by atoms with Gasteiger partial charge in [-0.3, -0.25) is 10.2 Å². The van der Waals surface area contributed by atoms with Crippen LogP contribution in [0.2, 0.25) is 0 Å². The van der Waals surface area contributed by atoms with Crippen molar-refractivity contribution in [3.63, 3.8) is 0 Å². The molecule has 25 heavy (non-hydrogen) atoms.